The third-order valence-electron chi connectivity index (χ3n) is 4.40. The highest BCUT2D eigenvalue weighted by Gasteiger charge is 2.43. The van der Waals surface area contributed by atoms with Gasteiger partial charge in [-0.1, -0.05) is 39.7 Å². The second-order valence-electron chi connectivity index (χ2n) is 5.81. The Balaban J connectivity index is 1.56. The predicted molar refractivity (Wildman–Crippen MR) is 83.4 cm³/mol. The smallest absolute Gasteiger partial charge is 0.407 e. The van der Waals surface area contributed by atoms with Crippen molar-refractivity contribution >= 4 is 33.6 Å². The van der Waals surface area contributed by atoms with Crippen LogP contribution in [0.25, 0.3) is 0 Å². The molecular weight excluding hydrogens is 358 g/mol. The molecule has 0 bridgehead atoms. The van der Waals surface area contributed by atoms with Gasteiger partial charge in [0.2, 0.25) is 0 Å². The Morgan fingerprint density at radius 1 is 1.38 bits per heavy atom. The van der Waals surface area contributed by atoms with Gasteiger partial charge in [-0.25, -0.2) is 4.79 Å². The number of rotatable bonds is 3. The van der Waals surface area contributed by atoms with Crippen LogP contribution in [0.2, 0.25) is 0 Å². The lowest BCUT2D eigenvalue weighted by Gasteiger charge is -2.20. The monoisotopic (exact) mass is 373 g/mol. The number of hydrogen-bond donors (Lipinski definition) is 1. The highest BCUT2D eigenvalue weighted by atomic mass is 79.9. The fraction of sp³-hybridized carbons (Fsp3) is 0.533. The first-order chi connectivity index (χ1) is 10.0. The van der Waals surface area contributed by atoms with Crippen molar-refractivity contribution < 1.29 is 14.6 Å². The van der Waals surface area contributed by atoms with Crippen LogP contribution in [0.5, 0.6) is 0 Å². The summed E-state index contributed by atoms with van der Waals surface area (Å²) in [5, 5.41) is 9.02. The zero-order valence-electron chi connectivity index (χ0n) is 11.4. The zero-order valence-corrected chi connectivity index (χ0v) is 13.8. The van der Waals surface area contributed by atoms with Gasteiger partial charge in [-0.15, -0.1) is 0 Å². The summed E-state index contributed by atoms with van der Waals surface area (Å²) in [5.74, 6) is 0.829. The van der Waals surface area contributed by atoms with Crippen molar-refractivity contribution in [2.45, 2.75) is 24.5 Å². The van der Waals surface area contributed by atoms with Gasteiger partial charge in [0.05, 0.1) is 6.10 Å². The Hall–Kier alpha value is -0.780. The summed E-state index contributed by atoms with van der Waals surface area (Å²) in [6.07, 6.45) is 1.10. The van der Waals surface area contributed by atoms with Gasteiger partial charge in [-0.05, 0) is 42.4 Å². The molecule has 0 aromatic heterocycles. The molecule has 114 valence electrons. The summed E-state index contributed by atoms with van der Waals surface area (Å²) in [5.41, 5.74) is 0.483. The molecule has 1 aliphatic heterocycles. The maximum absolute atomic E-state index is 11.0. The van der Waals surface area contributed by atoms with Crippen molar-refractivity contribution in [3.63, 3.8) is 0 Å². The molecule has 1 saturated heterocycles. The minimum absolute atomic E-state index is 0.123. The van der Waals surface area contributed by atoms with Crippen LogP contribution in [0.3, 0.4) is 0 Å². The van der Waals surface area contributed by atoms with Crippen molar-refractivity contribution in [1.82, 2.24) is 4.90 Å². The average molecular weight is 375 g/mol. The van der Waals surface area contributed by atoms with E-state index >= 15 is 0 Å². The van der Waals surface area contributed by atoms with Crippen LogP contribution in [0.1, 0.15) is 24.0 Å². The van der Waals surface area contributed by atoms with E-state index in [-0.39, 0.29) is 6.10 Å². The highest BCUT2D eigenvalue weighted by molar-refractivity contribution is 9.10. The summed E-state index contributed by atoms with van der Waals surface area (Å²) in [7, 11) is 0. The maximum Gasteiger partial charge on any atom is 0.407 e. The molecule has 0 spiro atoms. The number of benzene rings is 1. The Labute approximate surface area is 137 Å². The van der Waals surface area contributed by atoms with Gasteiger partial charge in [-0.2, -0.15) is 0 Å². The van der Waals surface area contributed by atoms with Crippen LogP contribution in [0.4, 0.5) is 4.79 Å². The first kappa shape index (κ1) is 15.1. The molecule has 0 radical (unpaired) electrons. The quantitative estimate of drug-likeness (QED) is 0.811. The Morgan fingerprint density at radius 2 is 2.05 bits per heavy atom. The lowest BCUT2D eigenvalue weighted by Crippen LogP contribution is -2.28. The fourth-order valence-electron chi connectivity index (χ4n) is 3.41. The lowest BCUT2D eigenvalue weighted by molar-refractivity contribution is 0.0278. The third kappa shape index (κ3) is 3.35. The van der Waals surface area contributed by atoms with Gasteiger partial charge in [0.25, 0.3) is 0 Å². The number of alkyl halides is 1. The number of carboxylic acid groups (broad SMARTS) is 1. The fourth-order valence-corrected chi connectivity index (χ4v) is 4.11. The van der Waals surface area contributed by atoms with Crippen LogP contribution in [0.15, 0.2) is 28.7 Å². The van der Waals surface area contributed by atoms with Crippen LogP contribution >= 0.6 is 27.5 Å². The molecule has 1 amide bonds. The Bertz CT molecular complexity index is 527. The van der Waals surface area contributed by atoms with E-state index in [0.29, 0.717) is 24.9 Å². The van der Waals surface area contributed by atoms with E-state index in [1.807, 2.05) is 24.3 Å². The van der Waals surface area contributed by atoms with Gasteiger partial charge in [0, 0.05) is 17.6 Å². The maximum atomic E-state index is 11.0. The largest absolute Gasteiger partial charge is 0.465 e. The number of nitrogens with zero attached hydrogens (tertiary/aromatic N) is 1. The number of amides is 1. The van der Waals surface area contributed by atoms with Gasteiger partial charge < -0.3 is 14.7 Å². The van der Waals surface area contributed by atoms with E-state index in [1.54, 1.807) is 0 Å². The molecular formula is C15H17BrClNO3. The molecule has 4 nitrogen and oxygen atoms in total. The molecule has 2 fully saturated rings. The molecule has 1 saturated carbocycles. The SMILES string of the molecule is O=C(O)N1C[C@H]2CC(OC(Cl)c3cccc(Br)c3)C[C@H]2C1. The molecule has 4 atom stereocenters. The first-order valence-electron chi connectivity index (χ1n) is 7.06. The van der Waals surface area contributed by atoms with Crippen LogP contribution in [-0.2, 0) is 4.74 Å². The topological polar surface area (TPSA) is 49.8 Å². The number of likely N-dealkylation sites (tertiary alicyclic amines) is 1. The van der Waals surface area contributed by atoms with E-state index in [1.165, 1.54) is 4.90 Å². The standard InChI is InChI=1S/C15H17BrClNO3/c16-12-3-1-2-9(4-12)14(17)21-13-5-10-7-18(15(19)20)8-11(10)6-13/h1-4,10-11,13-14H,5-8H2,(H,19,20)/t10-,11+,13?,14?. The molecule has 1 aromatic rings. The minimum atomic E-state index is -0.814. The van der Waals surface area contributed by atoms with E-state index in [0.717, 1.165) is 22.9 Å². The second kappa shape index (κ2) is 6.15. The van der Waals surface area contributed by atoms with E-state index in [9.17, 15) is 4.79 Å². The molecule has 3 rings (SSSR count). The molecule has 1 aliphatic carbocycles. The molecule has 1 aromatic carbocycles. The van der Waals surface area contributed by atoms with E-state index in [2.05, 4.69) is 15.9 Å². The van der Waals surface area contributed by atoms with Crippen molar-refractivity contribution in [3.05, 3.63) is 34.3 Å². The average Bonchev–Trinajstić information content (AvgIpc) is 2.96. The molecule has 1 heterocycles. The number of fused-ring (bicyclic) bond motifs is 1. The molecule has 1 N–H and O–H groups in total. The summed E-state index contributed by atoms with van der Waals surface area (Å²) >= 11 is 9.77. The number of halogens is 2. The molecule has 2 unspecified atom stereocenters. The van der Waals surface area contributed by atoms with E-state index < -0.39 is 11.7 Å². The van der Waals surface area contributed by atoms with Crippen LogP contribution in [0, 0.1) is 11.8 Å². The molecule has 21 heavy (non-hydrogen) atoms. The number of ether oxygens (including phenoxy) is 1. The number of hydrogen-bond acceptors (Lipinski definition) is 2. The molecule has 2 aliphatic rings. The van der Waals surface area contributed by atoms with Gasteiger partial charge in [-0.3, -0.25) is 0 Å². The summed E-state index contributed by atoms with van der Waals surface area (Å²) in [6.45, 7) is 1.26. The normalized spacial score (nSPS) is 29.4. The minimum Gasteiger partial charge on any atom is -0.465 e. The van der Waals surface area contributed by atoms with Crippen molar-refractivity contribution in [2.75, 3.05) is 13.1 Å². The van der Waals surface area contributed by atoms with Gasteiger partial charge in [0.1, 0.15) is 0 Å². The Morgan fingerprint density at radius 3 is 2.62 bits per heavy atom. The number of carbonyl (C=O) groups is 1. The highest BCUT2D eigenvalue weighted by Crippen LogP contribution is 2.41. The third-order valence-corrected chi connectivity index (χ3v) is 5.25. The van der Waals surface area contributed by atoms with Gasteiger partial charge in [0.15, 0.2) is 5.56 Å². The summed E-state index contributed by atoms with van der Waals surface area (Å²) in [6, 6.07) is 7.80. The van der Waals surface area contributed by atoms with Gasteiger partial charge >= 0.3 is 6.09 Å². The van der Waals surface area contributed by atoms with Crippen molar-refractivity contribution in [3.8, 4) is 0 Å². The van der Waals surface area contributed by atoms with Crippen LogP contribution in [-0.4, -0.2) is 35.3 Å². The lowest BCUT2D eigenvalue weighted by atomic mass is 10.0. The Kier molecular flexibility index (Phi) is 4.43. The summed E-state index contributed by atoms with van der Waals surface area (Å²) < 4.78 is 6.94. The second-order valence-corrected chi connectivity index (χ2v) is 7.12. The van der Waals surface area contributed by atoms with Crippen molar-refractivity contribution in [2.24, 2.45) is 11.8 Å². The summed E-state index contributed by atoms with van der Waals surface area (Å²) in [4.78, 5) is 12.5. The van der Waals surface area contributed by atoms with Crippen LogP contribution < -0.4 is 0 Å². The van der Waals surface area contributed by atoms with Crippen molar-refractivity contribution in [1.29, 1.82) is 0 Å². The zero-order chi connectivity index (χ0) is 15.0. The first-order valence-corrected chi connectivity index (χ1v) is 8.28. The van der Waals surface area contributed by atoms with E-state index in [4.69, 9.17) is 21.4 Å². The molecule has 6 heteroatoms. The predicted octanol–water partition coefficient (Wildman–Crippen LogP) is 4.09.